The predicted octanol–water partition coefficient (Wildman–Crippen LogP) is 3.63. The zero-order chi connectivity index (χ0) is 13.7. The zero-order valence-corrected chi connectivity index (χ0v) is 11.6. The second kappa shape index (κ2) is 6.60. The van der Waals surface area contributed by atoms with Gasteiger partial charge in [-0.2, -0.15) is 0 Å². The fraction of sp³-hybridized carbons (Fsp3) is 0.250. The third-order valence-electron chi connectivity index (χ3n) is 2.81. The molecule has 2 aromatic rings. The summed E-state index contributed by atoms with van der Waals surface area (Å²) in [5, 5.41) is 10.6. The molecule has 0 aliphatic rings. The Hall–Kier alpha value is -1.51. The van der Waals surface area contributed by atoms with E-state index in [1.165, 1.54) is 5.56 Å². The van der Waals surface area contributed by atoms with Gasteiger partial charge in [-0.3, -0.25) is 0 Å². The van der Waals surface area contributed by atoms with Gasteiger partial charge in [-0.1, -0.05) is 41.4 Å². The number of ether oxygens (including phenoxy) is 1. The largest absolute Gasteiger partial charge is 0.491 e. The van der Waals surface area contributed by atoms with Gasteiger partial charge >= 0.3 is 0 Å². The van der Waals surface area contributed by atoms with Gasteiger partial charge in [0.05, 0.1) is 6.10 Å². The highest BCUT2D eigenvalue weighted by atomic mass is 35.5. The first-order valence-corrected chi connectivity index (χ1v) is 6.63. The number of aryl methyl sites for hydroxylation is 1. The molecule has 0 aliphatic heterocycles. The molecule has 2 rings (SSSR count). The molecule has 1 N–H and O–H groups in total. The third-order valence-corrected chi connectivity index (χ3v) is 3.06. The fourth-order valence-corrected chi connectivity index (χ4v) is 2.02. The minimum Gasteiger partial charge on any atom is -0.491 e. The highest BCUT2D eigenvalue weighted by Crippen LogP contribution is 2.16. The first-order chi connectivity index (χ1) is 9.13. The topological polar surface area (TPSA) is 29.5 Å². The molecule has 1 atom stereocenters. The van der Waals surface area contributed by atoms with Crippen LogP contribution < -0.4 is 4.74 Å². The molecular formula is C16H17ClO2. The monoisotopic (exact) mass is 276 g/mol. The standard InChI is InChI=1S/C16H17ClO2/c1-12-3-2-4-13(9-12)10-15(18)11-19-16-7-5-14(17)6-8-16/h2-9,15,18H,10-11H2,1H3. The van der Waals surface area contributed by atoms with Crippen molar-refractivity contribution in [2.45, 2.75) is 19.4 Å². The second-order valence-electron chi connectivity index (χ2n) is 4.61. The van der Waals surface area contributed by atoms with Crippen LogP contribution in [0.2, 0.25) is 5.02 Å². The highest BCUT2D eigenvalue weighted by Gasteiger charge is 2.07. The smallest absolute Gasteiger partial charge is 0.119 e. The molecule has 0 radical (unpaired) electrons. The fourth-order valence-electron chi connectivity index (χ4n) is 1.89. The van der Waals surface area contributed by atoms with Crippen molar-refractivity contribution in [3.8, 4) is 5.75 Å². The van der Waals surface area contributed by atoms with Crippen LogP contribution in [0.1, 0.15) is 11.1 Å². The van der Waals surface area contributed by atoms with Crippen molar-refractivity contribution in [2.24, 2.45) is 0 Å². The van der Waals surface area contributed by atoms with E-state index in [1.54, 1.807) is 24.3 Å². The van der Waals surface area contributed by atoms with Crippen LogP contribution in [-0.2, 0) is 6.42 Å². The van der Waals surface area contributed by atoms with Gasteiger partial charge in [0.25, 0.3) is 0 Å². The summed E-state index contributed by atoms with van der Waals surface area (Å²) in [5.41, 5.74) is 2.32. The molecular weight excluding hydrogens is 260 g/mol. The number of hydrogen-bond acceptors (Lipinski definition) is 2. The summed E-state index contributed by atoms with van der Waals surface area (Å²) < 4.78 is 5.52. The molecule has 19 heavy (non-hydrogen) atoms. The molecule has 0 aromatic heterocycles. The number of aliphatic hydroxyl groups excluding tert-OH is 1. The molecule has 0 amide bonds. The first-order valence-electron chi connectivity index (χ1n) is 6.25. The lowest BCUT2D eigenvalue weighted by molar-refractivity contribution is 0.108. The molecule has 100 valence electrons. The predicted molar refractivity (Wildman–Crippen MR) is 77.8 cm³/mol. The quantitative estimate of drug-likeness (QED) is 0.904. The van der Waals surface area contributed by atoms with Crippen LogP contribution in [0, 0.1) is 6.92 Å². The lowest BCUT2D eigenvalue weighted by Crippen LogP contribution is -2.20. The average Bonchev–Trinajstić information content (AvgIpc) is 2.38. The Kier molecular flexibility index (Phi) is 4.83. The van der Waals surface area contributed by atoms with Crippen LogP contribution in [-0.4, -0.2) is 17.8 Å². The van der Waals surface area contributed by atoms with E-state index < -0.39 is 6.10 Å². The summed E-state index contributed by atoms with van der Waals surface area (Å²) in [6.45, 7) is 2.32. The van der Waals surface area contributed by atoms with Gasteiger partial charge in [-0.15, -0.1) is 0 Å². The minimum absolute atomic E-state index is 0.273. The second-order valence-corrected chi connectivity index (χ2v) is 5.05. The van der Waals surface area contributed by atoms with Crippen molar-refractivity contribution < 1.29 is 9.84 Å². The van der Waals surface area contributed by atoms with Crippen LogP contribution in [0.15, 0.2) is 48.5 Å². The number of rotatable bonds is 5. The molecule has 0 saturated carbocycles. The van der Waals surface area contributed by atoms with Crippen molar-refractivity contribution in [1.82, 2.24) is 0 Å². The van der Waals surface area contributed by atoms with E-state index in [0.29, 0.717) is 17.2 Å². The maximum Gasteiger partial charge on any atom is 0.119 e. The van der Waals surface area contributed by atoms with Crippen LogP contribution >= 0.6 is 11.6 Å². The van der Waals surface area contributed by atoms with Crippen LogP contribution in [0.25, 0.3) is 0 Å². The number of halogens is 1. The summed E-state index contributed by atoms with van der Waals surface area (Å²) in [6.07, 6.45) is 0.0763. The number of hydrogen-bond donors (Lipinski definition) is 1. The lowest BCUT2D eigenvalue weighted by Gasteiger charge is -2.12. The molecule has 0 aliphatic carbocycles. The molecule has 0 saturated heterocycles. The zero-order valence-electron chi connectivity index (χ0n) is 10.8. The van der Waals surface area contributed by atoms with Gasteiger partial charge in [0.2, 0.25) is 0 Å². The van der Waals surface area contributed by atoms with E-state index >= 15 is 0 Å². The maximum atomic E-state index is 9.96. The van der Waals surface area contributed by atoms with Gasteiger partial charge < -0.3 is 9.84 Å². The Balaban J connectivity index is 1.84. The van der Waals surface area contributed by atoms with Crippen molar-refractivity contribution in [1.29, 1.82) is 0 Å². The third kappa shape index (κ3) is 4.58. The van der Waals surface area contributed by atoms with E-state index in [0.717, 1.165) is 5.56 Å². The van der Waals surface area contributed by atoms with E-state index in [1.807, 2.05) is 25.1 Å². The van der Waals surface area contributed by atoms with Crippen LogP contribution in [0.4, 0.5) is 0 Å². The van der Waals surface area contributed by atoms with Gasteiger partial charge in [0.1, 0.15) is 12.4 Å². The molecule has 2 aromatic carbocycles. The van der Waals surface area contributed by atoms with E-state index in [2.05, 4.69) is 6.07 Å². The van der Waals surface area contributed by atoms with Gasteiger partial charge in [-0.25, -0.2) is 0 Å². The van der Waals surface area contributed by atoms with Crippen LogP contribution in [0.5, 0.6) is 5.75 Å². The Bertz CT molecular complexity index is 523. The number of aliphatic hydroxyl groups is 1. The SMILES string of the molecule is Cc1cccc(CC(O)COc2ccc(Cl)cc2)c1. The normalized spacial score (nSPS) is 12.2. The molecule has 0 bridgehead atoms. The Labute approximate surface area is 118 Å². The van der Waals surface area contributed by atoms with Gasteiger partial charge in [0.15, 0.2) is 0 Å². The van der Waals surface area contributed by atoms with Crippen molar-refractivity contribution in [3.63, 3.8) is 0 Å². The summed E-state index contributed by atoms with van der Waals surface area (Å²) in [6, 6.07) is 15.2. The maximum absolute atomic E-state index is 9.96. The lowest BCUT2D eigenvalue weighted by atomic mass is 10.1. The molecule has 1 unspecified atom stereocenters. The molecule has 0 heterocycles. The summed E-state index contributed by atoms with van der Waals surface area (Å²) in [5.74, 6) is 0.715. The molecule has 0 fully saturated rings. The molecule has 2 nitrogen and oxygen atoms in total. The van der Waals surface area contributed by atoms with Crippen LogP contribution in [0.3, 0.4) is 0 Å². The highest BCUT2D eigenvalue weighted by molar-refractivity contribution is 6.30. The summed E-state index contributed by atoms with van der Waals surface area (Å²) >= 11 is 5.79. The van der Waals surface area contributed by atoms with Gasteiger partial charge in [-0.05, 0) is 36.8 Å². The molecule has 3 heteroatoms. The number of benzene rings is 2. The molecule has 0 spiro atoms. The van der Waals surface area contributed by atoms with E-state index in [4.69, 9.17) is 16.3 Å². The minimum atomic E-state index is -0.516. The summed E-state index contributed by atoms with van der Waals surface area (Å²) in [4.78, 5) is 0. The summed E-state index contributed by atoms with van der Waals surface area (Å²) in [7, 11) is 0. The van der Waals surface area contributed by atoms with E-state index in [-0.39, 0.29) is 6.61 Å². The van der Waals surface area contributed by atoms with E-state index in [9.17, 15) is 5.11 Å². The van der Waals surface area contributed by atoms with Crippen molar-refractivity contribution in [3.05, 3.63) is 64.7 Å². The Morgan fingerprint density at radius 3 is 2.58 bits per heavy atom. The average molecular weight is 277 g/mol. The van der Waals surface area contributed by atoms with Crippen molar-refractivity contribution >= 4 is 11.6 Å². The Morgan fingerprint density at radius 2 is 1.89 bits per heavy atom. The Morgan fingerprint density at radius 1 is 1.16 bits per heavy atom. The van der Waals surface area contributed by atoms with Gasteiger partial charge in [0, 0.05) is 11.4 Å². The first kappa shape index (κ1) is 13.9. The van der Waals surface area contributed by atoms with Crippen molar-refractivity contribution in [2.75, 3.05) is 6.61 Å².